The van der Waals surface area contributed by atoms with Crippen LogP contribution in [-0.4, -0.2) is 5.75 Å². The van der Waals surface area contributed by atoms with E-state index in [4.69, 9.17) is 0 Å². The van der Waals surface area contributed by atoms with Crippen LogP contribution >= 0.6 is 12.6 Å². The first kappa shape index (κ1) is 10.9. The molecule has 0 N–H and O–H groups in total. The molecule has 0 saturated heterocycles. The summed E-state index contributed by atoms with van der Waals surface area (Å²) in [5.41, 5.74) is 7.27. The molecule has 0 amide bonds. The van der Waals surface area contributed by atoms with Crippen LogP contribution < -0.4 is 0 Å². The molecule has 0 saturated carbocycles. The molecule has 0 radical (unpaired) electrons. The van der Waals surface area contributed by atoms with E-state index >= 15 is 0 Å². The summed E-state index contributed by atoms with van der Waals surface area (Å²) in [6, 6.07) is 15.4. The standard InChI is InChI=1S/C16H16S/c1-11(10-17)13-7-4-8-15-14-6-3-2-5-12(14)9-16(13)15/h2-8,11,17H,9-10H2,1H3. The van der Waals surface area contributed by atoms with Gasteiger partial charge in [-0.3, -0.25) is 0 Å². The van der Waals surface area contributed by atoms with Gasteiger partial charge in [0.05, 0.1) is 0 Å². The van der Waals surface area contributed by atoms with Crippen LogP contribution in [0.5, 0.6) is 0 Å². The van der Waals surface area contributed by atoms with Crippen LogP contribution in [0.1, 0.15) is 29.5 Å². The van der Waals surface area contributed by atoms with Crippen LogP contribution in [0, 0.1) is 0 Å². The smallest absolute Gasteiger partial charge is 0.00106 e. The molecule has 0 heterocycles. The van der Waals surface area contributed by atoms with Gasteiger partial charge in [0.2, 0.25) is 0 Å². The zero-order valence-electron chi connectivity index (χ0n) is 9.98. The van der Waals surface area contributed by atoms with Gasteiger partial charge < -0.3 is 0 Å². The van der Waals surface area contributed by atoms with E-state index in [1.165, 1.54) is 27.8 Å². The summed E-state index contributed by atoms with van der Waals surface area (Å²) in [6.07, 6.45) is 1.08. The first-order chi connectivity index (χ1) is 8.31. The fourth-order valence-corrected chi connectivity index (χ4v) is 2.94. The molecule has 1 heteroatoms. The highest BCUT2D eigenvalue weighted by atomic mass is 32.1. The zero-order valence-corrected chi connectivity index (χ0v) is 10.9. The number of benzene rings is 2. The molecule has 86 valence electrons. The molecular weight excluding hydrogens is 224 g/mol. The summed E-state index contributed by atoms with van der Waals surface area (Å²) in [5.74, 6) is 1.44. The van der Waals surface area contributed by atoms with Gasteiger partial charge in [0.1, 0.15) is 0 Å². The average molecular weight is 240 g/mol. The lowest BCUT2D eigenvalue weighted by atomic mass is 9.93. The van der Waals surface area contributed by atoms with Gasteiger partial charge in [-0.25, -0.2) is 0 Å². The normalized spacial score (nSPS) is 14.2. The molecular formula is C16H16S. The Kier molecular flexibility index (Phi) is 2.71. The molecule has 0 fully saturated rings. The van der Waals surface area contributed by atoms with Crippen molar-refractivity contribution < 1.29 is 0 Å². The fourth-order valence-electron chi connectivity index (χ4n) is 2.74. The Labute approximate surface area is 108 Å². The van der Waals surface area contributed by atoms with Gasteiger partial charge in [0.25, 0.3) is 0 Å². The van der Waals surface area contributed by atoms with Crippen LogP contribution in [0.3, 0.4) is 0 Å². The summed E-state index contributed by atoms with van der Waals surface area (Å²) in [4.78, 5) is 0. The average Bonchev–Trinajstić information content (AvgIpc) is 2.76. The molecule has 0 aromatic heterocycles. The van der Waals surface area contributed by atoms with Gasteiger partial charge >= 0.3 is 0 Å². The zero-order chi connectivity index (χ0) is 11.8. The second-order valence-electron chi connectivity index (χ2n) is 4.79. The predicted molar refractivity (Wildman–Crippen MR) is 77.0 cm³/mol. The molecule has 0 bridgehead atoms. The summed E-state index contributed by atoms with van der Waals surface area (Å²) in [6.45, 7) is 2.26. The van der Waals surface area contributed by atoms with E-state index in [-0.39, 0.29) is 0 Å². The van der Waals surface area contributed by atoms with Gasteiger partial charge in [-0.05, 0) is 45.9 Å². The minimum Gasteiger partial charge on any atom is -0.179 e. The van der Waals surface area contributed by atoms with Crippen LogP contribution in [0.25, 0.3) is 11.1 Å². The monoisotopic (exact) mass is 240 g/mol. The van der Waals surface area contributed by atoms with E-state index in [0.29, 0.717) is 5.92 Å². The van der Waals surface area contributed by atoms with Crippen molar-refractivity contribution in [3.05, 3.63) is 59.2 Å². The molecule has 0 nitrogen and oxygen atoms in total. The second-order valence-corrected chi connectivity index (χ2v) is 5.16. The van der Waals surface area contributed by atoms with Crippen molar-refractivity contribution in [3.8, 4) is 11.1 Å². The largest absolute Gasteiger partial charge is 0.179 e. The van der Waals surface area contributed by atoms with Gasteiger partial charge in [0, 0.05) is 0 Å². The van der Waals surface area contributed by atoms with E-state index < -0.39 is 0 Å². The summed E-state index contributed by atoms with van der Waals surface area (Å²) in [7, 11) is 0. The Bertz CT molecular complexity index is 557. The van der Waals surface area contributed by atoms with E-state index in [9.17, 15) is 0 Å². The second kappa shape index (κ2) is 4.23. The highest BCUT2D eigenvalue weighted by Gasteiger charge is 2.21. The summed E-state index contributed by atoms with van der Waals surface area (Å²) in [5, 5.41) is 0. The molecule has 1 aliphatic carbocycles. The Balaban J connectivity index is 2.17. The van der Waals surface area contributed by atoms with Gasteiger partial charge in [-0.1, -0.05) is 49.4 Å². The minimum absolute atomic E-state index is 0.530. The van der Waals surface area contributed by atoms with Crippen molar-refractivity contribution in [2.45, 2.75) is 19.3 Å². The van der Waals surface area contributed by atoms with Gasteiger partial charge in [-0.2, -0.15) is 12.6 Å². The van der Waals surface area contributed by atoms with Crippen molar-refractivity contribution in [2.75, 3.05) is 5.75 Å². The summed E-state index contributed by atoms with van der Waals surface area (Å²) >= 11 is 4.43. The van der Waals surface area contributed by atoms with Crippen LogP contribution in [0.4, 0.5) is 0 Å². The lowest BCUT2D eigenvalue weighted by Gasteiger charge is -2.13. The van der Waals surface area contributed by atoms with Crippen LogP contribution in [0.15, 0.2) is 42.5 Å². The maximum Gasteiger partial charge on any atom is -0.00106 e. The molecule has 0 aliphatic heterocycles. The van der Waals surface area contributed by atoms with Crippen LogP contribution in [0.2, 0.25) is 0 Å². The Morgan fingerprint density at radius 2 is 1.82 bits per heavy atom. The maximum absolute atomic E-state index is 4.43. The molecule has 1 atom stereocenters. The van der Waals surface area contributed by atoms with E-state index in [1.54, 1.807) is 0 Å². The maximum atomic E-state index is 4.43. The number of hydrogen-bond donors (Lipinski definition) is 1. The molecule has 0 spiro atoms. The molecule has 3 rings (SSSR count). The Morgan fingerprint density at radius 1 is 1.06 bits per heavy atom. The quantitative estimate of drug-likeness (QED) is 0.635. The lowest BCUT2D eigenvalue weighted by molar-refractivity contribution is 0.868. The molecule has 2 aromatic rings. The lowest BCUT2D eigenvalue weighted by Crippen LogP contribution is -1.99. The van der Waals surface area contributed by atoms with Crippen molar-refractivity contribution in [1.82, 2.24) is 0 Å². The third kappa shape index (κ3) is 1.69. The van der Waals surface area contributed by atoms with Crippen molar-refractivity contribution in [2.24, 2.45) is 0 Å². The Morgan fingerprint density at radius 3 is 2.65 bits per heavy atom. The fraction of sp³-hybridized carbons (Fsp3) is 0.250. The highest BCUT2D eigenvalue weighted by molar-refractivity contribution is 7.80. The molecule has 17 heavy (non-hydrogen) atoms. The number of hydrogen-bond acceptors (Lipinski definition) is 1. The number of thiol groups is 1. The minimum atomic E-state index is 0.530. The molecule has 1 unspecified atom stereocenters. The topological polar surface area (TPSA) is 0 Å². The van der Waals surface area contributed by atoms with Gasteiger partial charge in [-0.15, -0.1) is 0 Å². The molecule has 2 aromatic carbocycles. The SMILES string of the molecule is CC(CS)c1cccc2c1Cc1ccccc1-2. The molecule has 1 aliphatic rings. The summed E-state index contributed by atoms with van der Waals surface area (Å²) < 4.78 is 0. The first-order valence-corrected chi connectivity index (χ1v) is 6.75. The Hall–Kier alpha value is -1.21. The van der Waals surface area contributed by atoms with Crippen LogP contribution in [-0.2, 0) is 6.42 Å². The van der Waals surface area contributed by atoms with E-state index in [0.717, 1.165) is 12.2 Å². The number of fused-ring (bicyclic) bond motifs is 3. The van der Waals surface area contributed by atoms with Gasteiger partial charge in [0.15, 0.2) is 0 Å². The first-order valence-electron chi connectivity index (χ1n) is 6.12. The van der Waals surface area contributed by atoms with Crippen molar-refractivity contribution >= 4 is 12.6 Å². The highest BCUT2D eigenvalue weighted by Crippen LogP contribution is 2.40. The van der Waals surface area contributed by atoms with Crippen molar-refractivity contribution in [3.63, 3.8) is 0 Å². The van der Waals surface area contributed by atoms with E-state index in [1.807, 2.05) is 0 Å². The number of rotatable bonds is 2. The van der Waals surface area contributed by atoms with Crippen molar-refractivity contribution in [1.29, 1.82) is 0 Å². The van der Waals surface area contributed by atoms with E-state index in [2.05, 4.69) is 62.0 Å². The third-order valence-corrected chi connectivity index (χ3v) is 4.24. The third-order valence-electron chi connectivity index (χ3n) is 3.69. The predicted octanol–water partition coefficient (Wildman–Crippen LogP) is 4.29.